The van der Waals surface area contributed by atoms with E-state index in [9.17, 15) is 18.0 Å². The number of anilines is 1. The SMILES string of the molecule is O=C(O)C[C@@H]1CCc2cc(OCCCNc3nc(-c4ccccc4)ccc3C(F)(F)F)ccc21. The number of carboxylic acids is 1. The maximum Gasteiger partial charge on any atom is 0.419 e. The molecular weight excluding hydrogens is 445 g/mol. The van der Waals surface area contributed by atoms with Crippen LogP contribution in [0.15, 0.2) is 60.7 Å². The summed E-state index contributed by atoms with van der Waals surface area (Å²) in [4.78, 5) is 15.2. The molecule has 0 saturated heterocycles. The quantitative estimate of drug-likeness (QED) is 0.367. The van der Waals surface area contributed by atoms with E-state index in [1.54, 1.807) is 12.1 Å². The van der Waals surface area contributed by atoms with Crippen LogP contribution in [0.5, 0.6) is 5.75 Å². The summed E-state index contributed by atoms with van der Waals surface area (Å²) >= 11 is 0. The normalized spacial score (nSPS) is 15.1. The van der Waals surface area contributed by atoms with Crippen molar-refractivity contribution in [1.29, 1.82) is 0 Å². The number of aliphatic carboxylic acids is 1. The Hall–Kier alpha value is -3.55. The Balaban J connectivity index is 1.34. The Morgan fingerprint density at radius 3 is 2.65 bits per heavy atom. The average molecular weight is 470 g/mol. The Morgan fingerprint density at radius 2 is 1.91 bits per heavy atom. The van der Waals surface area contributed by atoms with Gasteiger partial charge >= 0.3 is 12.1 Å². The number of rotatable bonds is 9. The van der Waals surface area contributed by atoms with E-state index in [0.29, 0.717) is 24.5 Å². The molecule has 1 aliphatic rings. The summed E-state index contributed by atoms with van der Waals surface area (Å²) < 4.78 is 46.1. The standard InChI is InChI=1S/C26H25F3N2O3/c27-26(28,29)22-11-12-23(17-5-2-1-3-6-17)31-25(22)30-13-4-14-34-20-9-10-21-18(15-20)7-8-19(21)16-24(32)33/h1-3,5-6,9-12,15,19H,4,7-8,13-14,16H2,(H,30,31)(H,32,33)/t19-/m0/s1. The van der Waals surface area contributed by atoms with Gasteiger partial charge < -0.3 is 15.2 Å². The third-order valence-corrected chi connectivity index (χ3v) is 5.89. The number of halogens is 3. The zero-order chi connectivity index (χ0) is 24.1. The molecule has 178 valence electrons. The van der Waals surface area contributed by atoms with Crippen molar-refractivity contribution in [1.82, 2.24) is 4.98 Å². The van der Waals surface area contributed by atoms with Gasteiger partial charge in [-0.1, -0.05) is 36.4 Å². The van der Waals surface area contributed by atoms with Crippen LogP contribution in [-0.4, -0.2) is 29.2 Å². The molecule has 0 amide bonds. The Kier molecular flexibility index (Phi) is 7.05. The highest BCUT2D eigenvalue weighted by Crippen LogP contribution is 2.37. The summed E-state index contributed by atoms with van der Waals surface area (Å²) in [6, 6.07) is 17.1. The highest BCUT2D eigenvalue weighted by molar-refractivity contribution is 5.68. The van der Waals surface area contributed by atoms with Gasteiger partial charge in [0.15, 0.2) is 0 Å². The molecule has 0 spiro atoms. The first kappa shape index (κ1) is 23.6. The molecule has 0 bridgehead atoms. The predicted octanol–water partition coefficient (Wildman–Crippen LogP) is 6.15. The maximum atomic E-state index is 13.4. The molecule has 1 atom stereocenters. The number of nitrogens with zero attached hydrogens (tertiary/aromatic N) is 1. The minimum atomic E-state index is -4.51. The van der Waals surface area contributed by atoms with Gasteiger partial charge in [-0.2, -0.15) is 13.2 Å². The number of nitrogens with one attached hydrogen (secondary N) is 1. The molecule has 0 aliphatic heterocycles. The summed E-state index contributed by atoms with van der Waals surface area (Å²) in [5.41, 5.74) is 2.55. The molecule has 8 heteroatoms. The van der Waals surface area contributed by atoms with Crippen molar-refractivity contribution in [3.63, 3.8) is 0 Å². The van der Waals surface area contributed by atoms with Gasteiger partial charge in [0.2, 0.25) is 0 Å². The van der Waals surface area contributed by atoms with E-state index >= 15 is 0 Å². The van der Waals surface area contributed by atoms with E-state index in [-0.39, 0.29) is 24.7 Å². The molecule has 0 saturated carbocycles. The van der Waals surface area contributed by atoms with E-state index in [0.717, 1.165) is 35.6 Å². The van der Waals surface area contributed by atoms with Crippen molar-refractivity contribution < 1.29 is 27.8 Å². The molecule has 1 heterocycles. The first-order valence-electron chi connectivity index (χ1n) is 11.2. The Bertz CT molecular complexity index is 1150. The van der Waals surface area contributed by atoms with E-state index < -0.39 is 17.7 Å². The monoisotopic (exact) mass is 470 g/mol. The van der Waals surface area contributed by atoms with E-state index in [4.69, 9.17) is 9.84 Å². The number of carbonyl (C=O) groups is 1. The molecule has 1 aliphatic carbocycles. The second-order valence-electron chi connectivity index (χ2n) is 8.28. The maximum absolute atomic E-state index is 13.4. The number of carboxylic acid groups (broad SMARTS) is 1. The minimum absolute atomic E-state index is 0.0349. The van der Waals surface area contributed by atoms with Crippen LogP contribution in [0.25, 0.3) is 11.3 Å². The van der Waals surface area contributed by atoms with Crippen LogP contribution in [-0.2, 0) is 17.4 Å². The van der Waals surface area contributed by atoms with Gasteiger partial charge in [0.1, 0.15) is 11.6 Å². The van der Waals surface area contributed by atoms with Crippen molar-refractivity contribution >= 4 is 11.8 Å². The second-order valence-corrected chi connectivity index (χ2v) is 8.28. The highest BCUT2D eigenvalue weighted by Gasteiger charge is 2.34. The molecule has 5 nitrogen and oxygen atoms in total. The number of ether oxygens (including phenoxy) is 1. The lowest BCUT2D eigenvalue weighted by Gasteiger charge is -2.15. The first-order valence-corrected chi connectivity index (χ1v) is 11.2. The summed E-state index contributed by atoms with van der Waals surface area (Å²) in [7, 11) is 0. The van der Waals surface area contributed by atoms with Crippen LogP contribution in [0.1, 0.15) is 41.9 Å². The summed E-state index contributed by atoms with van der Waals surface area (Å²) in [6.07, 6.45) is -2.28. The summed E-state index contributed by atoms with van der Waals surface area (Å²) in [6.45, 7) is 0.587. The number of aryl methyl sites for hydroxylation is 1. The topological polar surface area (TPSA) is 71.5 Å². The van der Waals surface area contributed by atoms with E-state index in [1.165, 1.54) is 6.07 Å². The minimum Gasteiger partial charge on any atom is -0.494 e. The van der Waals surface area contributed by atoms with Crippen LogP contribution in [0.2, 0.25) is 0 Å². The summed E-state index contributed by atoms with van der Waals surface area (Å²) in [5.74, 6) is -0.290. The molecule has 3 aromatic rings. The molecule has 4 rings (SSSR count). The van der Waals surface area contributed by atoms with Crippen molar-refractivity contribution in [2.45, 2.75) is 37.8 Å². The third kappa shape index (κ3) is 5.68. The molecule has 0 radical (unpaired) electrons. The van der Waals surface area contributed by atoms with Crippen molar-refractivity contribution in [3.8, 4) is 17.0 Å². The van der Waals surface area contributed by atoms with Crippen LogP contribution < -0.4 is 10.1 Å². The van der Waals surface area contributed by atoms with Gasteiger partial charge in [-0.25, -0.2) is 4.98 Å². The van der Waals surface area contributed by atoms with Gasteiger partial charge in [0.05, 0.1) is 24.3 Å². The zero-order valence-corrected chi connectivity index (χ0v) is 18.4. The second kappa shape index (κ2) is 10.2. The van der Waals surface area contributed by atoms with Crippen molar-refractivity contribution in [2.75, 3.05) is 18.5 Å². The van der Waals surface area contributed by atoms with Crippen LogP contribution in [0.4, 0.5) is 19.0 Å². The average Bonchev–Trinajstić information content (AvgIpc) is 3.20. The van der Waals surface area contributed by atoms with Crippen molar-refractivity contribution in [2.24, 2.45) is 0 Å². The van der Waals surface area contributed by atoms with Crippen LogP contribution in [0.3, 0.4) is 0 Å². The van der Waals surface area contributed by atoms with E-state index in [1.807, 2.05) is 36.4 Å². The molecule has 2 N–H and O–H groups in total. The molecule has 1 aromatic heterocycles. The van der Waals surface area contributed by atoms with Gasteiger partial charge in [-0.3, -0.25) is 4.79 Å². The van der Waals surface area contributed by atoms with Gasteiger partial charge in [-0.05, 0) is 60.6 Å². The van der Waals surface area contributed by atoms with Gasteiger partial charge in [0, 0.05) is 12.1 Å². The largest absolute Gasteiger partial charge is 0.494 e. The fourth-order valence-corrected chi connectivity index (χ4v) is 4.26. The van der Waals surface area contributed by atoms with Crippen molar-refractivity contribution in [3.05, 3.63) is 77.4 Å². The number of benzene rings is 2. The van der Waals surface area contributed by atoms with Crippen LogP contribution in [0, 0.1) is 0 Å². The van der Waals surface area contributed by atoms with Gasteiger partial charge in [0.25, 0.3) is 0 Å². The fourth-order valence-electron chi connectivity index (χ4n) is 4.26. The van der Waals surface area contributed by atoms with Crippen LogP contribution >= 0.6 is 0 Å². The van der Waals surface area contributed by atoms with Gasteiger partial charge in [-0.15, -0.1) is 0 Å². The molecule has 2 aromatic carbocycles. The first-order chi connectivity index (χ1) is 16.3. The lowest BCUT2D eigenvalue weighted by molar-refractivity contribution is -0.138. The predicted molar refractivity (Wildman–Crippen MR) is 123 cm³/mol. The van der Waals surface area contributed by atoms with E-state index in [2.05, 4.69) is 10.3 Å². The molecule has 0 unspecified atom stereocenters. The molecule has 0 fully saturated rings. The number of hydrogen-bond donors (Lipinski definition) is 2. The Morgan fingerprint density at radius 1 is 1.12 bits per heavy atom. The smallest absolute Gasteiger partial charge is 0.419 e. The third-order valence-electron chi connectivity index (χ3n) is 5.89. The fraction of sp³-hybridized carbons (Fsp3) is 0.308. The lowest BCUT2D eigenvalue weighted by Crippen LogP contribution is -2.15. The number of hydrogen-bond acceptors (Lipinski definition) is 4. The molecule has 34 heavy (non-hydrogen) atoms. The number of alkyl halides is 3. The lowest BCUT2D eigenvalue weighted by atomic mass is 9.98. The zero-order valence-electron chi connectivity index (χ0n) is 18.4. The number of pyridine rings is 1. The summed E-state index contributed by atoms with van der Waals surface area (Å²) in [5, 5.41) is 11.9. The number of aromatic nitrogens is 1. The Labute approximate surface area is 195 Å². The highest BCUT2D eigenvalue weighted by atomic mass is 19.4. The molecular formula is C26H25F3N2O3. The number of fused-ring (bicyclic) bond motifs is 1.